The predicted octanol–water partition coefficient (Wildman–Crippen LogP) is 2.81. The Kier molecular flexibility index (Phi) is 3.96. The van der Waals surface area contributed by atoms with Gasteiger partial charge in [-0.05, 0) is 0 Å². The number of hydrogen-bond acceptors (Lipinski definition) is 6. The van der Waals surface area contributed by atoms with Crippen LogP contribution < -0.4 is 5.32 Å². The number of pyridine rings is 1. The maximum Gasteiger partial charge on any atom is 0.312 e. The second-order valence-electron chi connectivity index (χ2n) is 3.71. The Hall–Kier alpha value is -2.15. The Morgan fingerprint density at radius 3 is 2.89 bits per heavy atom. The van der Waals surface area contributed by atoms with E-state index < -0.39 is 4.92 Å². The van der Waals surface area contributed by atoms with Gasteiger partial charge in [-0.25, -0.2) is 9.97 Å². The molecule has 2 rings (SSSR count). The zero-order chi connectivity index (χ0) is 13.8. The van der Waals surface area contributed by atoms with E-state index in [0.717, 1.165) is 12.2 Å². The molecule has 0 unspecified atom stereocenters. The number of hydrogen-bond donors (Lipinski definition) is 1. The molecule has 0 aliphatic carbocycles. The summed E-state index contributed by atoms with van der Waals surface area (Å²) in [6.07, 6.45) is 3.71. The van der Waals surface area contributed by atoms with Gasteiger partial charge in [-0.2, -0.15) is 0 Å². The van der Waals surface area contributed by atoms with Crippen LogP contribution in [0.1, 0.15) is 18.6 Å². The maximum atomic E-state index is 10.9. The fourth-order valence-electron chi connectivity index (χ4n) is 1.46. The first-order chi connectivity index (χ1) is 9.10. The van der Waals surface area contributed by atoms with Gasteiger partial charge in [0, 0.05) is 18.7 Å². The van der Waals surface area contributed by atoms with Gasteiger partial charge in [0.25, 0.3) is 0 Å². The lowest BCUT2D eigenvalue weighted by molar-refractivity contribution is -0.384. The number of halogens is 1. The SMILES string of the molecule is CCc1cnc(CNc2ncc(Cl)cc2[N+](=O)[O-])o1. The molecular weight excluding hydrogens is 272 g/mol. The van der Waals surface area contributed by atoms with Crippen LogP contribution in [-0.4, -0.2) is 14.9 Å². The first-order valence-corrected chi connectivity index (χ1v) is 5.95. The monoisotopic (exact) mass is 282 g/mol. The van der Waals surface area contributed by atoms with Crippen LogP contribution in [0.5, 0.6) is 0 Å². The normalized spacial score (nSPS) is 10.4. The van der Waals surface area contributed by atoms with Crippen LogP contribution in [0, 0.1) is 10.1 Å². The van der Waals surface area contributed by atoms with E-state index in [1.165, 1.54) is 12.3 Å². The molecular formula is C11H11ClN4O3. The van der Waals surface area contributed by atoms with Crippen LogP contribution in [0.15, 0.2) is 22.9 Å². The molecule has 2 heterocycles. The molecule has 0 aliphatic rings. The maximum absolute atomic E-state index is 10.9. The number of anilines is 1. The predicted molar refractivity (Wildman–Crippen MR) is 69.1 cm³/mol. The minimum atomic E-state index is -0.547. The third-order valence-electron chi connectivity index (χ3n) is 2.39. The topological polar surface area (TPSA) is 94.1 Å². The summed E-state index contributed by atoms with van der Waals surface area (Å²) in [6, 6.07) is 1.24. The number of aromatic nitrogens is 2. The first-order valence-electron chi connectivity index (χ1n) is 5.57. The lowest BCUT2D eigenvalue weighted by Gasteiger charge is -2.03. The average molecular weight is 283 g/mol. The average Bonchev–Trinajstić information content (AvgIpc) is 2.85. The molecule has 0 aliphatic heterocycles. The summed E-state index contributed by atoms with van der Waals surface area (Å²) in [6.45, 7) is 2.17. The second kappa shape index (κ2) is 5.66. The minimum Gasteiger partial charge on any atom is -0.444 e. The van der Waals surface area contributed by atoms with Gasteiger partial charge in [-0.3, -0.25) is 10.1 Å². The van der Waals surface area contributed by atoms with Gasteiger partial charge in [-0.15, -0.1) is 0 Å². The summed E-state index contributed by atoms with van der Waals surface area (Å²) in [5.41, 5.74) is -0.185. The Balaban J connectivity index is 2.12. The van der Waals surface area contributed by atoms with E-state index in [0.29, 0.717) is 5.89 Å². The number of nitro groups is 1. The molecule has 0 spiro atoms. The summed E-state index contributed by atoms with van der Waals surface area (Å²) in [5, 5.41) is 13.9. The highest BCUT2D eigenvalue weighted by Gasteiger charge is 2.16. The van der Waals surface area contributed by atoms with Crippen LogP contribution in [0.3, 0.4) is 0 Å². The molecule has 0 fully saturated rings. The van der Waals surface area contributed by atoms with E-state index in [4.69, 9.17) is 16.0 Å². The second-order valence-corrected chi connectivity index (χ2v) is 4.14. The van der Waals surface area contributed by atoms with Gasteiger partial charge in [-0.1, -0.05) is 18.5 Å². The van der Waals surface area contributed by atoms with Crippen molar-refractivity contribution in [1.29, 1.82) is 0 Å². The summed E-state index contributed by atoms with van der Waals surface area (Å²) >= 11 is 5.67. The number of nitrogens with zero attached hydrogens (tertiary/aromatic N) is 3. The van der Waals surface area contributed by atoms with Crippen LogP contribution >= 0.6 is 11.6 Å². The van der Waals surface area contributed by atoms with Crippen molar-refractivity contribution in [3.63, 3.8) is 0 Å². The highest BCUT2D eigenvalue weighted by Crippen LogP contribution is 2.25. The van der Waals surface area contributed by atoms with Crippen LogP contribution in [0.2, 0.25) is 5.02 Å². The Morgan fingerprint density at radius 2 is 2.26 bits per heavy atom. The van der Waals surface area contributed by atoms with Crippen LogP contribution in [0.4, 0.5) is 11.5 Å². The Bertz CT molecular complexity index is 599. The van der Waals surface area contributed by atoms with E-state index in [1.54, 1.807) is 6.20 Å². The van der Waals surface area contributed by atoms with Gasteiger partial charge in [0.1, 0.15) is 5.76 Å². The van der Waals surface area contributed by atoms with E-state index in [9.17, 15) is 10.1 Å². The quantitative estimate of drug-likeness (QED) is 0.669. The van der Waals surface area contributed by atoms with E-state index in [2.05, 4.69) is 15.3 Å². The van der Waals surface area contributed by atoms with Gasteiger partial charge in [0.2, 0.25) is 11.7 Å². The van der Waals surface area contributed by atoms with Crippen molar-refractivity contribution < 1.29 is 9.34 Å². The molecule has 0 saturated carbocycles. The van der Waals surface area contributed by atoms with Crippen molar-refractivity contribution in [2.24, 2.45) is 0 Å². The van der Waals surface area contributed by atoms with Crippen LogP contribution in [-0.2, 0) is 13.0 Å². The molecule has 0 aromatic carbocycles. The molecule has 19 heavy (non-hydrogen) atoms. The van der Waals surface area contributed by atoms with E-state index in [-0.39, 0.29) is 23.1 Å². The molecule has 8 heteroatoms. The van der Waals surface area contributed by atoms with Gasteiger partial charge >= 0.3 is 5.69 Å². The number of aryl methyl sites for hydroxylation is 1. The Labute approximate surface area is 113 Å². The van der Waals surface area contributed by atoms with E-state index in [1.807, 2.05) is 6.92 Å². The van der Waals surface area contributed by atoms with Gasteiger partial charge < -0.3 is 9.73 Å². The van der Waals surface area contributed by atoms with Gasteiger partial charge in [0.05, 0.1) is 22.7 Å². The number of rotatable bonds is 5. The lowest BCUT2D eigenvalue weighted by Crippen LogP contribution is -2.04. The third kappa shape index (κ3) is 3.19. The summed E-state index contributed by atoms with van der Waals surface area (Å²) in [7, 11) is 0. The molecule has 0 amide bonds. The molecule has 1 N–H and O–H groups in total. The zero-order valence-electron chi connectivity index (χ0n) is 10.1. The molecule has 0 bridgehead atoms. The van der Waals surface area contributed by atoms with Crippen molar-refractivity contribution in [2.45, 2.75) is 19.9 Å². The molecule has 7 nitrogen and oxygen atoms in total. The standard InChI is InChI=1S/C11H11ClN4O3/c1-2-8-5-13-10(19-8)6-15-11-9(16(17)18)3-7(12)4-14-11/h3-5H,2,6H2,1H3,(H,14,15). The van der Waals surface area contributed by atoms with Crippen molar-refractivity contribution in [3.8, 4) is 0 Å². The zero-order valence-corrected chi connectivity index (χ0v) is 10.8. The summed E-state index contributed by atoms with van der Waals surface area (Å²) in [4.78, 5) is 18.2. The molecule has 2 aromatic heterocycles. The van der Waals surface area contributed by atoms with Gasteiger partial charge in [0.15, 0.2) is 0 Å². The van der Waals surface area contributed by atoms with Crippen molar-refractivity contribution >= 4 is 23.1 Å². The summed E-state index contributed by atoms with van der Waals surface area (Å²) < 4.78 is 5.38. The summed E-state index contributed by atoms with van der Waals surface area (Å²) in [5.74, 6) is 1.34. The van der Waals surface area contributed by atoms with Crippen molar-refractivity contribution in [3.05, 3.63) is 45.2 Å². The molecule has 2 aromatic rings. The minimum absolute atomic E-state index is 0.130. The highest BCUT2D eigenvalue weighted by molar-refractivity contribution is 6.30. The Morgan fingerprint density at radius 1 is 1.47 bits per heavy atom. The fraction of sp³-hybridized carbons (Fsp3) is 0.273. The number of nitrogens with one attached hydrogen (secondary N) is 1. The number of oxazole rings is 1. The van der Waals surface area contributed by atoms with Crippen LogP contribution in [0.25, 0.3) is 0 Å². The molecule has 100 valence electrons. The van der Waals surface area contributed by atoms with Crippen molar-refractivity contribution in [1.82, 2.24) is 9.97 Å². The third-order valence-corrected chi connectivity index (χ3v) is 2.59. The molecule has 0 atom stereocenters. The van der Waals surface area contributed by atoms with E-state index >= 15 is 0 Å². The highest BCUT2D eigenvalue weighted by atomic mass is 35.5. The smallest absolute Gasteiger partial charge is 0.312 e. The fourth-order valence-corrected chi connectivity index (χ4v) is 1.61. The first kappa shape index (κ1) is 13.3. The van der Waals surface area contributed by atoms with Crippen molar-refractivity contribution in [2.75, 3.05) is 5.32 Å². The largest absolute Gasteiger partial charge is 0.444 e. The molecule has 0 radical (unpaired) electrons. The lowest BCUT2D eigenvalue weighted by atomic mass is 10.4. The molecule has 0 saturated heterocycles.